The largest absolute Gasteiger partial charge is 0.493 e. The summed E-state index contributed by atoms with van der Waals surface area (Å²) < 4.78 is 10.4. The lowest BCUT2D eigenvalue weighted by Gasteiger charge is -2.21. The van der Waals surface area contributed by atoms with Gasteiger partial charge in [0.1, 0.15) is 0 Å². The normalized spacial score (nSPS) is 9.85. The van der Waals surface area contributed by atoms with E-state index in [0.29, 0.717) is 28.4 Å². The Hall–Kier alpha value is -3.53. The van der Waals surface area contributed by atoms with Gasteiger partial charge in [-0.1, -0.05) is 0 Å². The third-order valence-corrected chi connectivity index (χ3v) is 3.92. The van der Waals surface area contributed by atoms with Gasteiger partial charge in [0.2, 0.25) is 11.8 Å². The Bertz CT molecular complexity index is 857. The number of nitrogens with one attached hydrogen (secondary N) is 1. The number of methoxy groups -OCH3 is 2. The maximum atomic E-state index is 12.3. The van der Waals surface area contributed by atoms with Crippen molar-refractivity contribution in [2.24, 2.45) is 0 Å². The molecule has 0 aliphatic heterocycles. The molecule has 140 valence electrons. The van der Waals surface area contributed by atoms with Gasteiger partial charge in [0.15, 0.2) is 11.5 Å². The molecule has 0 aliphatic rings. The van der Waals surface area contributed by atoms with Crippen molar-refractivity contribution in [2.75, 3.05) is 31.0 Å². The third-order valence-electron chi connectivity index (χ3n) is 3.92. The molecule has 0 spiro atoms. The van der Waals surface area contributed by atoms with Gasteiger partial charge in [-0.05, 0) is 36.4 Å². The van der Waals surface area contributed by atoms with Gasteiger partial charge >= 0.3 is 0 Å². The molecule has 0 aromatic heterocycles. The molecule has 0 saturated heterocycles. The standard InChI is InChI=1S/C20H21N3O4/c1-14(24)23(17-7-4-15(13-21)5-8-17)11-10-20(25)22-16-6-9-18(26-2)19(12-16)27-3/h4-9,12H,10-11H2,1-3H3,(H,22,25). The van der Waals surface area contributed by atoms with Crippen LogP contribution in [0.3, 0.4) is 0 Å². The number of hydrogen-bond donors (Lipinski definition) is 1. The average Bonchev–Trinajstić information content (AvgIpc) is 2.68. The van der Waals surface area contributed by atoms with Crippen molar-refractivity contribution in [1.82, 2.24) is 0 Å². The number of benzene rings is 2. The summed E-state index contributed by atoms with van der Waals surface area (Å²) in [6, 6.07) is 13.8. The zero-order valence-corrected chi connectivity index (χ0v) is 15.5. The van der Waals surface area contributed by atoms with E-state index in [2.05, 4.69) is 5.32 Å². The number of rotatable bonds is 7. The van der Waals surface area contributed by atoms with Crippen LogP contribution in [0.2, 0.25) is 0 Å². The van der Waals surface area contributed by atoms with E-state index in [9.17, 15) is 9.59 Å². The maximum absolute atomic E-state index is 12.3. The summed E-state index contributed by atoms with van der Waals surface area (Å²) in [5, 5.41) is 11.6. The number of anilines is 2. The van der Waals surface area contributed by atoms with E-state index in [4.69, 9.17) is 14.7 Å². The molecule has 0 atom stereocenters. The van der Waals surface area contributed by atoms with Crippen LogP contribution in [0.25, 0.3) is 0 Å². The number of hydrogen-bond acceptors (Lipinski definition) is 5. The molecule has 2 amide bonds. The second-order valence-corrected chi connectivity index (χ2v) is 5.70. The summed E-state index contributed by atoms with van der Waals surface area (Å²) in [4.78, 5) is 25.7. The topological polar surface area (TPSA) is 91.7 Å². The fourth-order valence-corrected chi connectivity index (χ4v) is 2.54. The van der Waals surface area contributed by atoms with Crippen LogP contribution in [0.15, 0.2) is 42.5 Å². The molecule has 2 rings (SSSR count). The fourth-order valence-electron chi connectivity index (χ4n) is 2.54. The van der Waals surface area contributed by atoms with E-state index >= 15 is 0 Å². The molecule has 0 heterocycles. The lowest BCUT2D eigenvalue weighted by Crippen LogP contribution is -2.31. The molecule has 2 aromatic carbocycles. The van der Waals surface area contributed by atoms with Crippen molar-refractivity contribution in [2.45, 2.75) is 13.3 Å². The van der Waals surface area contributed by atoms with E-state index < -0.39 is 0 Å². The van der Waals surface area contributed by atoms with Gasteiger partial charge in [0, 0.05) is 37.3 Å². The Morgan fingerprint density at radius 2 is 1.74 bits per heavy atom. The summed E-state index contributed by atoms with van der Waals surface area (Å²) >= 11 is 0. The van der Waals surface area contributed by atoms with Crippen molar-refractivity contribution in [3.63, 3.8) is 0 Å². The van der Waals surface area contributed by atoms with Crippen molar-refractivity contribution in [1.29, 1.82) is 5.26 Å². The van der Waals surface area contributed by atoms with Crippen LogP contribution in [-0.2, 0) is 9.59 Å². The van der Waals surface area contributed by atoms with E-state index in [1.54, 1.807) is 42.5 Å². The first kappa shape index (κ1) is 19.8. The van der Waals surface area contributed by atoms with E-state index in [1.807, 2.05) is 6.07 Å². The smallest absolute Gasteiger partial charge is 0.226 e. The summed E-state index contributed by atoms with van der Waals surface area (Å²) in [5.41, 5.74) is 1.72. The molecule has 7 heteroatoms. The summed E-state index contributed by atoms with van der Waals surface area (Å²) in [6.45, 7) is 1.66. The second kappa shape index (κ2) is 9.25. The Morgan fingerprint density at radius 3 is 2.30 bits per heavy atom. The van der Waals surface area contributed by atoms with Crippen LogP contribution in [-0.4, -0.2) is 32.6 Å². The van der Waals surface area contributed by atoms with Crippen LogP contribution in [0, 0.1) is 11.3 Å². The van der Waals surface area contributed by atoms with Gasteiger partial charge in [-0.15, -0.1) is 0 Å². The van der Waals surface area contributed by atoms with Gasteiger partial charge in [0.25, 0.3) is 0 Å². The van der Waals surface area contributed by atoms with Crippen molar-refractivity contribution in [3.05, 3.63) is 48.0 Å². The Balaban J connectivity index is 2.01. The molecule has 0 radical (unpaired) electrons. The summed E-state index contributed by atoms with van der Waals surface area (Å²) in [6.07, 6.45) is 0.119. The third kappa shape index (κ3) is 5.22. The minimum absolute atomic E-state index is 0.119. The van der Waals surface area contributed by atoms with Crippen molar-refractivity contribution >= 4 is 23.2 Å². The highest BCUT2D eigenvalue weighted by Crippen LogP contribution is 2.29. The van der Waals surface area contributed by atoms with Gasteiger partial charge in [-0.3, -0.25) is 9.59 Å². The van der Waals surface area contributed by atoms with Crippen molar-refractivity contribution in [3.8, 4) is 17.6 Å². The van der Waals surface area contributed by atoms with Gasteiger partial charge in [-0.25, -0.2) is 0 Å². The van der Waals surface area contributed by atoms with E-state index in [1.165, 1.54) is 26.0 Å². The molecular formula is C20H21N3O4. The average molecular weight is 367 g/mol. The highest BCUT2D eigenvalue weighted by Gasteiger charge is 2.14. The lowest BCUT2D eigenvalue weighted by molar-refractivity contribution is -0.117. The molecular weight excluding hydrogens is 346 g/mol. The predicted molar refractivity (Wildman–Crippen MR) is 102 cm³/mol. The second-order valence-electron chi connectivity index (χ2n) is 5.70. The predicted octanol–water partition coefficient (Wildman–Crippen LogP) is 2.96. The van der Waals surface area contributed by atoms with Gasteiger partial charge in [-0.2, -0.15) is 5.26 Å². The van der Waals surface area contributed by atoms with Crippen LogP contribution in [0.5, 0.6) is 11.5 Å². The van der Waals surface area contributed by atoms with Crippen molar-refractivity contribution < 1.29 is 19.1 Å². The highest BCUT2D eigenvalue weighted by atomic mass is 16.5. The zero-order valence-electron chi connectivity index (χ0n) is 15.5. The first-order valence-electron chi connectivity index (χ1n) is 8.28. The molecule has 27 heavy (non-hydrogen) atoms. The molecule has 7 nitrogen and oxygen atoms in total. The van der Waals surface area contributed by atoms with Crippen LogP contribution >= 0.6 is 0 Å². The minimum Gasteiger partial charge on any atom is -0.493 e. The van der Waals surface area contributed by atoms with E-state index in [-0.39, 0.29) is 24.8 Å². The molecule has 0 saturated carbocycles. The summed E-state index contributed by atoms with van der Waals surface area (Å²) in [5.74, 6) is 0.665. The fraction of sp³-hybridized carbons (Fsp3) is 0.250. The number of carbonyl (C=O) groups excluding carboxylic acids is 2. The summed E-state index contributed by atoms with van der Waals surface area (Å²) in [7, 11) is 3.06. The molecule has 1 N–H and O–H groups in total. The molecule has 0 fully saturated rings. The van der Waals surface area contributed by atoms with Crippen LogP contribution < -0.4 is 19.7 Å². The first-order valence-corrected chi connectivity index (χ1v) is 8.28. The highest BCUT2D eigenvalue weighted by molar-refractivity contribution is 5.95. The maximum Gasteiger partial charge on any atom is 0.226 e. The number of amides is 2. The van der Waals surface area contributed by atoms with E-state index in [0.717, 1.165) is 0 Å². The Labute approximate surface area is 158 Å². The SMILES string of the molecule is COc1ccc(NC(=O)CCN(C(C)=O)c2ccc(C#N)cc2)cc1OC. The molecule has 2 aromatic rings. The Morgan fingerprint density at radius 1 is 1.07 bits per heavy atom. The molecule has 0 bridgehead atoms. The monoisotopic (exact) mass is 367 g/mol. The minimum atomic E-state index is -0.234. The van der Waals surface area contributed by atoms with Crippen LogP contribution in [0.1, 0.15) is 18.9 Å². The molecule has 0 aliphatic carbocycles. The number of ether oxygens (including phenoxy) is 2. The zero-order chi connectivity index (χ0) is 19.8. The number of nitrogens with zero attached hydrogens (tertiary/aromatic N) is 2. The van der Waals surface area contributed by atoms with Gasteiger partial charge in [0.05, 0.1) is 25.9 Å². The Kier molecular flexibility index (Phi) is 6.78. The number of nitriles is 1. The number of carbonyl (C=O) groups is 2. The first-order chi connectivity index (χ1) is 13.0. The lowest BCUT2D eigenvalue weighted by atomic mass is 10.2. The van der Waals surface area contributed by atoms with Gasteiger partial charge < -0.3 is 19.7 Å². The quantitative estimate of drug-likeness (QED) is 0.812. The molecule has 0 unspecified atom stereocenters. The van der Waals surface area contributed by atoms with Crippen LogP contribution in [0.4, 0.5) is 11.4 Å².